The summed E-state index contributed by atoms with van der Waals surface area (Å²) >= 11 is 0. The van der Waals surface area contributed by atoms with E-state index in [9.17, 15) is 24.3 Å². The zero-order chi connectivity index (χ0) is 26.7. The number of ether oxygens (including phenoxy) is 2. The monoisotopic (exact) mass is 508 g/mol. The minimum Gasteiger partial charge on any atom is -0.457 e. The summed E-state index contributed by atoms with van der Waals surface area (Å²) < 4.78 is 28.6. The van der Waals surface area contributed by atoms with Crippen LogP contribution in [0.2, 0.25) is 0 Å². The SMILES string of the molecule is CCC(=O)OCC(=O)[C@@]1(OC(=O)CC)[C@@H](C)C[C@H]2[C@@H]3CC[C@H]4CC(=O)CC[C@]4(C)[C@@]3(F)[C@@H](O)C[C@@]21C. The number of rotatable bonds is 6. The van der Waals surface area contributed by atoms with E-state index >= 15 is 4.39 Å². The molecule has 0 amide bonds. The van der Waals surface area contributed by atoms with Gasteiger partial charge in [-0.25, -0.2) is 4.39 Å². The van der Waals surface area contributed by atoms with Crippen LogP contribution < -0.4 is 0 Å². The topological polar surface area (TPSA) is 107 Å². The minimum atomic E-state index is -1.90. The molecule has 7 nitrogen and oxygen atoms in total. The fourth-order valence-electron chi connectivity index (χ4n) is 8.85. The number of hydrogen-bond acceptors (Lipinski definition) is 7. The first-order valence-electron chi connectivity index (χ1n) is 13.6. The summed E-state index contributed by atoms with van der Waals surface area (Å²) in [6.07, 6.45) is 1.47. The first kappa shape index (κ1) is 27.2. The van der Waals surface area contributed by atoms with Gasteiger partial charge in [0, 0.05) is 42.4 Å². The Morgan fingerprint density at radius 1 is 1.06 bits per heavy atom. The molecule has 4 rings (SSSR count). The molecule has 0 aromatic rings. The number of hydrogen-bond donors (Lipinski definition) is 1. The summed E-state index contributed by atoms with van der Waals surface area (Å²) in [7, 11) is 0. The summed E-state index contributed by atoms with van der Waals surface area (Å²) in [5.74, 6) is -2.83. The molecule has 4 saturated carbocycles. The zero-order valence-electron chi connectivity index (χ0n) is 22.2. The molecule has 202 valence electrons. The van der Waals surface area contributed by atoms with Gasteiger partial charge in [-0.1, -0.05) is 34.6 Å². The Hall–Kier alpha value is -1.83. The molecule has 0 aromatic carbocycles. The van der Waals surface area contributed by atoms with Crippen molar-refractivity contribution in [1.29, 1.82) is 0 Å². The van der Waals surface area contributed by atoms with Crippen LogP contribution in [0, 0.1) is 34.5 Å². The van der Waals surface area contributed by atoms with Gasteiger partial charge in [0.05, 0.1) is 6.10 Å². The quantitative estimate of drug-likeness (QED) is 0.538. The molecule has 0 bridgehead atoms. The third-order valence-corrected chi connectivity index (χ3v) is 10.7. The van der Waals surface area contributed by atoms with E-state index in [1.54, 1.807) is 13.8 Å². The van der Waals surface area contributed by atoms with E-state index in [2.05, 4.69) is 0 Å². The Morgan fingerprint density at radius 2 is 1.72 bits per heavy atom. The number of carbonyl (C=O) groups excluding carboxylic acids is 4. The zero-order valence-corrected chi connectivity index (χ0v) is 22.2. The average molecular weight is 509 g/mol. The van der Waals surface area contributed by atoms with Crippen LogP contribution in [0.4, 0.5) is 4.39 Å². The molecule has 0 spiro atoms. The Bertz CT molecular complexity index is 950. The van der Waals surface area contributed by atoms with E-state index < -0.39 is 64.4 Å². The first-order chi connectivity index (χ1) is 16.8. The highest BCUT2D eigenvalue weighted by atomic mass is 19.1. The number of aliphatic hydroxyl groups excluding tert-OH is 1. The molecule has 0 aliphatic heterocycles. The molecule has 36 heavy (non-hydrogen) atoms. The molecular weight excluding hydrogens is 467 g/mol. The van der Waals surface area contributed by atoms with Gasteiger partial charge in [-0.3, -0.25) is 19.2 Å². The van der Waals surface area contributed by atoms with Gasteiger partial charge in [0.15, 0.2) is 12.2 Å². The Balaban J connectivity index is 1.77. The molecule has 0 unspecified atom stereocenters. The van der Waals surface area contributed by atoms with Crippen LogP contribution in [0.5, 0.6) is 0 Å². The lowest BCUT2D eigenvalue weighted by Crippen LogP contribution is -2.71. The van der Waals surface area contributed by atoms with Crippen LogP contribution in [0.3, 0.4) is 0 Å². The lowest BCUT2D eigenvalue weighted by atomic mass is 9.42. The van der Waals surface area contributed by atoms with Gasteiger partial charge in [-0.15, -0.1) is 0 Å². The molecule has 9 atom stereocenters. The van der Waals surface area contributed by atoms with Crippen LogP contribution in [0.15, 0.2) is 0 Å². The maximum absolute atomic E-state index is 17.5. The van der Waals surface area contributed by atoms with Crippen molar-refractivity contribution in [3.8, 4) is 0 Å². The number of esters is 2. The second kappa shape index (κ2) is 9.17. The second-order valence-corrected chi connectivity index (χ2v) is 12.2. The van der Waals surface area contributed by atoms with Gasteiger partial charge in [0.25, 0.3) is 0 Å². The predicted molar refractivity (Wildman–Crippen MR) is 128 cm³/mol. The summed E-state index contributed by atoms with van der Waals surface area (Å²) in [5.41, 5.74) is -5.38. The van der Waals surface area contributed by atoms with Crippen molar-refractivity contribution >= 4 is 23.5 Å². The van der Waals surface area contributed by atoms with E-state index in [4.69, 9.17) is 9.47 Å². The Morgan fingerprint density at radius 3 is 2.36 bits per heavy atom. The molecule has 0 heterocycles. The number of aliphatic hydroxyl groups is 1. The Kier molecular flexibility index (Phi) is 6.93. The standard InChI is InChI=1S/C28H41FO7/c1-6-23(33)35-15-22(32)28(36-24(34)7-2)16(3)12-20-19-9-8-17-13-18(30)10-11-25(17,4)27(19,29)21(31)14-26(20,28)5/h16-17,19-21,31H,6-15H2,1-5H3/t16-,17-,19-,20-,21-,25-,26-,27-,28-/m0/s1. The highest BCUT2D eigenvalue weighted by Gasteiger charge is 2.77. The number of fused-ring (bicyclic) bond motifs is 5. The van der Waals surface area contributed by atoms with E-state index in [0.717, 1.165) is 0 Å². The smallest absolute Gasteiger partial charge is 0.306 e. The fraction of sp³-hybridized carbons (Fsp3) is 0.857. The van der Waals surface area contributed by atoms with Crippen molar-refractivity contribution in [3.63, 3.8) is 0 Å². The maximum Gasteiger partial charge on any atom is 0.306 e. The van der Waals surface area contributed by atoms with Crippen LogP contribution in [0.25, 0.3) is 0 Å². The molecule has 4 aliphatic carbocycles. The minimum absolute atomic E-state index is 0.0459. The van der Waals surface area contributed by atoms with E-state index in [-0.39, 0.29) is 36.9 Å². The molecule has 4 aliphatic rings. The van der Waals surface area contributed by atoms with E-state index in [0.29, 0.717) is 38.5 Å². The van der Waals surface area contributed by atoms with E-state index in [1.807, 2.05) is 20.8 Å². The number of alkyl halides is 1. The maximum atomic E-state index is 17.5. The van der Waals surface area contributed by atoms with Gasteiger partial charge < -0.3 is 14.6 Å². The van der Waals surface area contributed by atoms with Crippen molar-refractivity contribution in [1.82, 2.24) is 0 Å². The van der Waals surface area contributed by atoms with Crippen LogP contribution in [-0.2, 0) is 28.7 Å². The fourth-order valence-corrected chi connectivity index (χ4v) is 8.85. The third kappa shape index (κ3) is 3.52. The van der Waals surface area contributed by atoms with E-state index in [1.165, 1.54) is 0 Å². The first-order valence-corrected chi connectivity index (χ1v) is 13.6. The summed E-state index contributed by atoms with van der Waals surface area (Å²) in [5, 5.41) is 11.6. The molecule has 1 N–H and O–H groups in total. The van der Waals surface area contributed by atoms with Crippen molar-refractivity contribution < 1.29 is 38.1 Å². The van der Waals surface area contributed by atoms with Gasteiger partial charge in [-0.2, -0.15) is 0 Å². The molecule has 0 saturated heterocycles. The molecule has 4 fully saturated rings. The van der Waals surface area contributed by atoms with Crippen LogP contribution in [0.1, 0.15) is 92.4 Å². The number of Topliss-reactive ketones (excluding diaryl/α,β-unsaturated/α-hetero) is 2. The summed E-state index contributed by atoms with van der Waals surface area (Å²) in [4.78, 5) is 50.5. The van der Waals surface area contributed by atoms with Crippen LogP contribution in [-0.4, -0.2) is 52.6 Å². The van der Waals surface area contributed by atoms with Gasteiger partial charge in [0.1, 0.15) is 11.5 Å². The van der Waals surface area contributed by atoms with Crippen molar-refractivity contribution in [2.45, 2.75) is 110 Å². The van der Waals surface area contributed by atoms with Gasteiger partial charge >= 0.3 is 11.9 Å². The average Bonchev–Trinajstić information content (AvgIpc) is 3.05. The lowest BCUT2D eigenvalue weighted by molar-refractivity contribution is -0.257. The lowest BCUT2D eigenvalue weighted by Gasteiger charge is -2.65. The second-order valence-electron chi connectivity index (χ2n) is 12.2. The van der Waals surface area contributed by atoms with Crippen LogP contribution >= 0.6 is 0 Å². The van der Waals surface area contributed by atoms with Crippen molar-refractivity contribution in [2.24, 2.45) is 34.5 Å². The normalized spacial score (nSPS) is 45.8. The Labute approximate surface area is 212 Å². The predicted octanol–water partition coefficient (Wildman–Crippen LogP) is 4.12. The number of ketones is 2. The van der Waals surface area contributed by atoms with Gasteiger partial charge in [0.2, 0.25) is 5.78 Å². The molecular formula is C28H41FO7. The highest BCUT2D eigenvalue weighted by Crippen LogP contribution is 2.72. The number of halogens is 1. The molecule has 0 aromatic heterocycles. The van der Waals surface area contributed by atoms with Gasteiger partial charge in [-0.05, 0) is 49.9 Å². The number of carbonyl (C=O) groups is 4. The largest absolute Gasteiger partial charge is 0.457 e. The summed E-state index contributed by atoms with van der Waals surface area (Å²) in [6.45, 7) is 8.31. The molecule has 0 radical (unpaired) electrons. The van der Waals surface area contributed by atoms with Crippen molar-refractivity contribution in [2.75, 3.05) is 6.61 Å². The van der Waals surface area contributed by atoms with Crippen molar-refractivity contribution in [3.05, 3.63) is 0 Å². The molecule has 8 heteroatoms. The summed E-state index contributed by atoms with van der Waals surface area (Å²) in [6, 6.07) is 0. The third-order valence-electron chi connectivity index (χ3n) is 10.7. The highest BCUT2D eigenvalue weighted by molar-refractivity contribution is 5.93.